The lowest BCUT2D eigenvalue weighted by Gasteiger charge is -2.06. The highest BCUT2D eigenvalue weighted by Crippen LogP contribution is 2.14. The highest BCUT2D eigenvalue weighted by atomic mass is 19.3. The molecule has 0 atom stereocenters. The number of rotatable bonds is 1. The topological polar surface area (TPSA) is 34.9 Å². The third kappa shape index (κ3) is 1.26. The Labute approximate surface area is 77.6 Å². The molecular weight excluding hydrogens is 190 g/mol. The lowest BCUT2D eigenvalue weighted by atomic mass is 10.3. The first-order valence-corrected chi connectivity index (χ1v) is 3.94. The van der Waals surface area contributed by atoms with Crippen molar-refractivity contribution in [1.29, 1.82) is 0 Å². The van der Waals surface area contributed by atoms with E-state index in [-0.39, 0.29) is 5.52 Å². The number of nitrogens with zero attached hydrogens (tertiary/aromatic N) is 2. The molecule has 0 N–H and O–H groups in total. The molecule has 72 valence electrons. The summed E-state index contributed by atoms with van der Waals surface area (Å²) in [6.07, 6.45) is 0.897. The number of benzene rings is 1. The number of fused-ring (bicyclic) bond motifs is 1. The molecule has 1 heterocycles. The van der Waals surface area contributed by atoms with Gasteiger partial charge in [-0.3, -0.25) is 4.79 Å². The molecule has 2 aromatic rings. The van der Waals surface area contributed by atoms with Gasteiger partial charge in [-0.25, -0.2) is 9.55 Å². The molecule has 0 fully saturated rings. The minimum Gasteiger partial charge on any atom is -0.267 e. The average molecular weight is 196 g/mol. The summed E-state index contributed by atoms with van der Waals surface area (Å²) in [4.78, 5) is 14.9. The van der Waals surface area contributed by atoms with Crippen LogP contribution in [0.3, 0.4) is 0 Å². The van der Waals surface area contributed by atoms with E-state index in [0.717, 1.165) is 6.20 Å². The molecule has 0 aliphatic carbocycles. The Kier molecular flexibility index (Phi) is 1.99. The summed E-state index contributed by atoms with van der Waals surface area (Å²) in [5.41, 5.74) is -0.263. The van der Waals surface area contributed by atoms with Gasteiger partial charge in [-0.15, -0.1) is 0 Å². The Hall–Kier alpha value is -1.78. The van der Waals surface area contributed by atoms with Crippen molar-refractivity contribution in [3.8, 4) is 0 Å². The fraction of sp³-hybridized carbons (Fsp3) is 0.111. The Bertz CT molecular complexity index is 521. The van der Waals surface area contributed by atoms with Crippen LogP contribution < -0.4 is 5.56 Å². The van der Waals surface area contributed by atoms with Crippen molar-refractivity contribution in [3.63, 3.8) is 0 Å². The molecule has 0 saturated carbocycles. The van der Waals surface area contributed by atoms with Gasteiger partial charge in [-0.1, -0.05) is 12.1 Å². The SMILES string of the molecule is O=c1cnc2ccccc2n1C(F)F. The molecular formula is C9H6F2N2O. The van der Waals surface area contributed by atoms with Crippen LogP contribution in [0.15, 0.2) is 35.3 Å². The summed E-state index contributed by atoms with van der Waals surface area (Å²) < 4.78 is 25.4. The second kappa shape index (κ2) is 3.17. The Morgan fingerprint density at radius 1 is 1.29 bits per heavy atom. The standard InChI is InChI=1S/C9H6F2N2O/c10-9(11)13-7-4-2-1-3-6(7)12-5-8(13)14/h1-5,9H. The van der Waals surface area contributed by atoms with Crippen molar-refractivity contribution in [2.24, 2.45) is 0 Å². The molecule has 14 heavy (non-hydrogen) atoms. The Morgan fingerprint density at radius 2 is 2.00 bits per heavy atom. The maximum absolute atomic E-state index is 12.5. The largest absolute Gasteiger partial charge is 0.321 e. The van der Waals surface area contributed by atoms with E-state index in [1.807, 2.05) is 0 Å². The zero-order valence-corrected chi connectivity index (χ0v) is 7.02. The van der Waals surface area contributed by atoms with Crippen LogP contribution in [0.5, 0.6) is 0 Å². The van der Waals surface area contributed by atoms with Crippen LogP contribution in [-0.2, 0) is 0 Å². The maximum atomic E-state index is 12.5. The summed E-state index contributed by atoms with van der Waals surface area (Å²) in [6.45, 7) is -2.84. The number of halogens is 2. The zero-order chi connectivity index (χ0) is 10.1. The van der Waals surface area contributed by atoms with Crippen LogP contribution in [0.4, 0.5) is 8.78 Å². The molecule has 1 aromatic carbocycles. The van der Waals surface area contributed by atoms with Crippen LogP contribution >= 0.6 is 0 Å². The van der Waals surface area contributed by atoms with E-state index >= 15 is 0 Å². The molecule has 0 aliphatic heterocycles. The van der Waals surface area contributed by atoms with Crippen LogP contribution in [0.25, 0.3) is 11.0 Å². The van der Waals surface area contributed by atoms with Crippen molar-refractivity contribution < 1.29 is 8.78 Å². The normalized spacial score (nSPS) is 11.1. The zero-order valence-electron chi connectivity index (χ0n) is 7.02. The number of alkyl halides is 2. The van der Waals surface area contributed by atoms with Crippen LogP contribution in [0.2, 0.25) is 0 Å². The molecule has 0 unspecified atom stereocenters. The minimum atomic E-state index is -2.84. The third-order valence-electron chi connectivity index (χ3n) is 1.89. The van der Waals surface area contributed by atoms with Crippen molar-refractivity contribution in [1.82, 2.24) is 9.55 Å². The highest BCUT2D eigenvalue weighted by Gasteiger charge is 2.11. The molecule has 0 amide bonds. The molecule has 3 nitrogen and oxygen atoms in total. The molecule has 0 aliphatic rings. The number of hydrogen-bond acceptors (Lipinski definition) is 2. The summed E-state index contributed by atoms with van der Waals surface area (Å²) in [5, 5.41) is 0. The molecule has 5 heteroatoms. The van der Waals surface area contributed by atoms with E-state index in [1.54, 1.807) is 18.2 Å². The molecule has 1 aromatic heterocycles. The number of hydrogen-bond donors (Lipinski definition) is 0. The van der Waals surface area contributed by atoms with E-state index in [2.05, 4.69) is 4.98 Å². The van der Waals surface area contributed by atoms with E-state index in [0.29, 0.717) is 10.1 Å². The van der Waals surface area contributed by atoms with Gasteiger partial charge in [0.2, 0.25) is 0 Å². The van der Waals surface area contributed by atoms with Gasteiger partial charge in [0.1, 0.15) is 0 Å². The summed E-state index contributed by atoms with van der Waals surface area (Å²) in [5.74, 6) is 0. The van der Waals surface area contributed by atoms with Crippen molar-refractivity contribution in [3.05, 3.63) is 40.8 Å². The first kappa shape index (κ1) is 8.80. The molecule has 0 saturated heterocycles. The van der Waals surface area contributed by atoms with Gasteiger partial charge in [0.05, 0.1) is 17.2 Å². The van der Waals surface area contributed by atoms with Crippen LogP contribution in [0.1, 0.15) is 6.55 Å². The first-order chi connectivity index (χ1) is 6.70. The smallest absolute Gasteiger partial charge is 0.267 e. The van der Waals surface area contributed by atoms with Crippen molar-refractivity contribution in [2.45, 2.75) is 6.55 Å². The monoisotopic (exact) mass is 196 g/mol. The lowest BCUT2D eigenvalue weighted by Crippen LogP contribution is -2.20. The first-order valence-electron chi connectivity index (χ1n) is 3.94. The van der Waals surface area contributed by atoms with Gasteiger partial charge in [0, 0.05) is 0 Å². The molecule has 2 rings (SSSR count). The average Bonchev–Trinajstić information content (AvgIpc) is 2.17. The van der Waals surface area contributed by atoms with Crippen molar-refractivity contribution in [2.75, 3.05) is 0 Å². The Morgan fingerprint density at radius 3 is 2.71 bits per heavy atom. The van der Waals surface area contributed by atoms with Gasteiger partial charge in [-0.05, 0) is 12.1 Å². The predicted octanol–water partition coefficient (Wildman–Crippen LogP) is 1.79. The van der Waals surface area contributed by atoms with E-state index in [1.165, 1.54) is 6.07 Å². The van der Waals surface area contributed by atoms with Gasteiger partial charge in [0.25, 0.3) is 5.56 Å². The third-order valence-corrected chi connectivity index (χ3v) is 1.89. The minimum absolute atomic E-state index is 0.148. The second-order valence-corrected chi connectivity index (χ2v) is 2.73. The van der Waals surface area contributed by atoms with Crippen molar-refractivity contribution >= 4 is 11.0 Å². The fourth-order valence-corrected chi connectivity index (χ4v) is 1.28. The number of para-hydroxylation sites is 2. The summed E-state index contributed by atoms with van der Waals surface area (Å²) >= 11 is 0. The quantitative estimate of drug-likeness (QED) is 0.696. The van der Waals surface area contributed by atoms with Crippen LogP contribution in [-0.4, -0.2) is 9.55 Å². The molecule has 0 spiro atoms. The Balaban J connectivity index is 2.90. The highest BCUT2D eigenvalue weighted by molar-refractivity contribution is 5.74. The summed E-state index contributed by atoms with van der Waals surface area (Å²) in [7, 11) is 0. The van der Waals surface area contributed by atoms with Crippen LogP contribution in [0, 0.1) is 0 Å². The lowest BCUT2D eigenvalue weighted by molar-refractivity contribution is 0.0712. The molecule has 0 radical (unpaired) electrons. The van der Waals surface area contributed by atoms with Gasteiger partial charge in [0.15, 0.2) is 0 Å². The van der Waals surface area contributed by atoms with Gasteiger partial charge in [-0.2, -0.15) is 8.78 Å². The van der Waals surface area contributed by atoms with Gasteiger partial charge < -0.3 is 0 Å². The fourth-order valence-electron chi connectivity index (χ4n) is 1.28. The predicted molar refractivity (Wildman–Crippen MR) is 47.3 cm³/mol. The van der Waals surface area contributed by atoms with E-state index in [9.17, 15) is 13.6 Å². The summed E-state index contributed by atoms with van der Waals surface area (Å²) in [6, 6.07) is 6.28. The second-order valence-electron chi connectivity index (χ2n) is 2.73. The maximum Gasteiger partial charge on any atom is 0.321 e. The molecule has 0 bridgehead atoms. The van der Waals surface area contributed by atoms with E-state index < -0.39 is 12.1 Å². The van der Waals surface area contributed by atoms with Gasteiger partial charge >= 0.3 is 6.55 Å². The number of aromatic nitrogens is 2. The van der Waals surface area contributed by atoms with E-state index in [4.69, 9.17) is 0 Å².